The SMILES string of the molecule is C=C(O/N=C(\C)c1ccc(OC(C)(C)F)cc1)C(=N)/N=C(/C)NCc1ccc(OCCCOC)nc1. The van der Waals surface area contributed by atoms with Gasteiger partial charge in [0.15, 0.2) is 11.6 Å². The molecule has 0 aliphatic rings. The number of nitrogens with zero attached hydrogens (tertiary/aromatic N) is 3. The zero-order valence-corrected chi connectivity index (χ0v) is 21.4. The van der Waals surface area contributed by atoms with Crippen LogP contribution in [0.4, 0.5) is 4.39 Å². The maximum absolute atomic E-state index is 13.6. The van der Waals surface area contributed by atoms with Crippen LogP contribution >= 0.6 is 0 Å². The molecular formula is C26H34FN5O4. The van der Waals surface area contributed by atoms with Gasteiger partial charge in [-0.1, -0.05) is 11.2 Å². The second-order valence-corrected chi connectivity index (χ2v) is 8.28. The van der Waals surface area contributed by atoms with Gasteiger partial charge in [-0.25, -0.2) is 9.98 Å². The Labute approximate surface area is 211 Å². The summed E-state index contributed by atoms with van der Waals surface area (Å²) in [4.78, 5) is 13.7. The highest BCUT2D eigenvalue weighted by Gasteiger charge is 2.16. The highest BCUT2D eigenvalue weighted by atomic mass is 19.2. The summed E-state index contributed by atoms with van der Waals surface area (Å²) in [5.41, 5.74) is 2.23. The van der Waals surface area contributed by atoms with Crippen LogP contribution in [-0.2, 0) is 16.1 Å². The monoisotopic (exact) mass is 499 g/mol. The van der Waals surface area contributed by atoms with Crippen LogP contribution in [0.1, 0.15) is 45.2 Å². The molecule has 0 radical (unpaired) electrons. The molecule has 0 atom stereocenters. The molecule has 0 aliphatic carbocycles. The van der Waals surface area contributed by atoms with Gasteiger partial charge in [0.05, 0.1) is 12.3 Å². The molecule has 1 aromatic heterocycles. The summed E-state index contributed by atoms with van der Waals surface area (Å²) in [6.07, 6.45) is 2.51. The minimum Gasteiger partial charge on any atom is -0.478 e. The molecule has 0 amide bonds. The van der Waals surface area contributed by atoms with E-state index in [0.717, 1.165) is 17.5 Å². The van der Waals surface area contributed by atoms with Crippen molar-refractivity contribution >= 4 is 17.4 Å². The summed E-state index contributed by atoms with van der Waals surface area (Å²) in [6, 6.07) is 10.5. The molecule has 0 fully saturated rings. The summed E-state index contributed by atoms with van der Waals surface area (Å²) in [5, 5.41) is 15.2. The van der Waals surface area contributed by atoms with Crippen LogP contribution in [0.15, 0.2) is 65.1 Å². The molecule has 1 heterocycles. The maximum Gasteiger partial charge on any atom is 0.242 e. The molecule has 2 rings (SSSR count). The van der Waals surface area contributed by atoms with E-state index < -0.39 is 5.85 Å². The number of oxime groups is 1. The van der Waals surface area contributed by atoms with Crippen molar-refractivity contribution < 1.29 is 23.4 Å². The average Bonchev–Trinajstić information content (AvgIpc) is 2.84. The Morgan fingerprint density at radius 1 is 1.14 bits per heavy atom. The molecule has 9 nitrogen and oxygen atoms in total. The Morgan fingerprint density at radius 2 is 1.86 bits per heavy atom. The Kier molecular flexibility index (Phi) is 11.0. The van der Waals surface area contributed by atoms with Gasteiger partial charge in [-0.3, -0.25) is 5.41 Å². The maximum atomic E-state index is 13.6. The molecule has 10 heteroatoms. The number of alkyl halides is 1. The zero-order chi connectivity index (χ0) is 26.6. The number of aromatic nitrogens is 1. The van der Waals surface area contributed by atoms with Gasteiger partial charge in [-0.2, -0.15) is 4.39 Å². The van der Waals surface area contributed by atoms with E-state index in [1.807, 2.05) is 6.07 Å². The number of rotatable bonds is 13. The average molecular weight is 500 g/mol. The fourth-order valence-electron chi connectivity index (χ4n) is 2.74. The second kappa shape index (κ2) is 13.9. The quantitative estimate of drug-likeness (QED) is 0.132. The van der Waals surface area contributed by atoms with Crippen molar-refractivity contribution in [3.63, 3.8) is 0 Å². The van der Waals surface area contributed by atoms with Gasteiger partial charge >= 0.3 is 0 Å². The van der Waals surface area contributed by atoms with Crippen LogP contribution in [0.25, 0.3) is 0 Å². The lowest BCUT2D eigenvalue weighted by molar-refractivity contribution is -0.0257. The van der Waals surface area contributed by atoms with E-state index >= 15 is 0 Å². The van der Waals surface area contributed by atoms with Crippen molar-refractivity contribution in [2.24, 2.45) is 10.1 Å². The van der Waals surface area contributed by atoms with Gasteiger partial charge in [-0.05, 0) is 55.8 Å². The van der Waals surface area contributed by atoms with Crippen LogP contribution < -0.4 is 14.8 Å². The Bertz CT molecular complexity index is 1060. The van der Waals surface area contributed by atoms with Gasteiger partial charge in [-0.15, -0.1) is 0 Å². The third-order valence-corrected chi connectivity index (χ3v) is 4.56. The van der Waals surface area contributed by atoms with Crippen molar-refractivity contribution in [1.29, 1.82) is 5.41 Å². The van der Waals surface area contributed by atoms with Gasteiger partial charge in [0.2, 0.25) is 11.7 Å². The van der Waals surface area contributed by atoms with Crippen molar-refractivity contribution in [3.8, 4) is 11.6 Å². The van der Waals surface area contributed by atoms with Gasteiger partial charge in [0, 0.05) is 52.8 Å². The molecule has 0 spiro atoms. The van der Waals surface area contributed by atoms with Crippen molar-refractivity contribution in [2.45, 2.75) is 46.5 Å². The van der Waals surface area contributed by atoms with Gasteiger partial charge < -0.3 is 24.4 Å². The Balaban J connectivity index is 1.82. The molecule has 2 aromatic rings. The molecule has 2 N–H and O–H groups in total. The first-order valence-electron chi connectivity index (χ1n) is 11.4. The van der Waals surface area contributed by atoms with Crippen LogP contribution in [0, 0.1) is 5.41 Å². The predicted molar refractivity (Wildman–Crippen MR) is 139 cm³/mol. The second-order valence-electron chi connectivity index (χ2n) is 8.28. The molecular weight excluding hydrogens is 465 g/mol. The molecule has 0 saturated heterocycles. The number of aliphatic imine (C=N–C) groups is 1. The smallest absolute Gasteiger partial charge is 0.242 e. The summed E-state index contributed by atoms with van der Waals surface area (Å²) >= 11 is 0. The van der Waals surface area contributed by atoms with E-state index in [1.165, 1.54) is 13.8 Å². The van der Waals surface area contributed by atoms with E-state index in [1.54, 1.807) is 57.5 Å². The van der Waals surface area contributed by atoms with Crippen molar-refractivity contribution in [2.75, 3.05) is 20.3 Å². The molecule has 1 aromatic carbocycles. The number of amidine groups is 2. The lowest BCUT2D eigenvalue weighted by Crippen LogP contribution is -2.21. The number of benzene rings is 1. The third kappa shape index (κ3) is 10.6. The highest BCUT2D eigenvalue weighted by Crippen LogP contribution is 2.20. The van der Waals surface area contributed by atoms with E-state index in [2.05, 4.69) is 27.0 Å². The molecule has 194 valence electrons. The number of methoxy groups -OCH3 is 1. The first-order valence-corrected chi connectivity index (χ1v) is 11.4. The van der Waals surface area contributed by atoms with Crippen LogP contribution in [0.5, 0.6) is 11.6 Å². The Hall–Kier alpha value is -3.79. The van der Waals surface area contributed by atoms with E-state index in [-0.39, 0.29) is 11.6 Å². The summed E-state index contributed by atoms with van der Waals surface area (Å²) in [6.45, 7) is 11.5. The summed E-state index contributed by atoms with van der Waals surface area (Å²) < 4.78 is 29.3. The largest absolute Gasteiger partial charge is 0.478 e. The van der Waals surface area contributed by atoms with Gasteiger partial charge in [0.1, 0.15) is 11.6 Å². The zero-order valence-electron chi connectivity index (χ0n) is 21.4. The standard InChI is InChI=1S/C26H34FN5O4/c1-18(22-9-11-23(12-10-22)35-26(4,5)27)32-36-19(2)25(28)31-20(3)29-16-21-8-13-24(30-17-21)34-15-7-14-33-6/h8-13,17H,2,7,14-16H2,1,3-6H3,(H2,28,29,31)/b32-18+. The number of hydrogen-bond acceptors (Lipinski definition) is 7. The Morgan fingerprint density at radius 3 is 2.47 bits per heavy atom. The van der Waals surface area contributed by atoms with E-state index in [9.17, 15) is 4.39 Å². The fraction of sp³-hybridized carbons (Fsp3) is 0.385. The van der Waals surface area contributed by atoms with E-state index in [0.29, 0.717) is 42.9 Å². The minimum absolute atomic E-state index is 0.00808. The van der Waals surface area contributed by atoms with Crippen molar-refractivity contribution in [1.82, 2.24) is 10.3 Å². The minimum atomic E-state index is -1.76. The van der Waals surface area contributed by atoms with Crippen LogP contribution in [-0.4, -0.2) is 48.5 Å². The lowest BCUT2D eigenvalue weighted by Gasteiger charge is -2.17. The summed E-state index contributed by atoms with van der Waals surface area (Å²) in [5.74, 6) is -0.466. The molecule has 0 bridgehead atoms. The number of nitrogens with one attached hydrogen (secondary N) is 2. The first-order chi connectivity index (χ1) is 17.1. The first kappa shape index (κ1) is 28.4. The van der Waals surface area contributed by atoms with Crippen LogP contribution in [0.2, 0.25) is 0 Å². The number of pyridine rings is 1. The third-order valence-electron chi connectivity index (χ3n) is 4.56. The molecule has 0 unspecified atom stereocenters. The predicted octanol–water partition coefficient (Wildman–Crippen LogP) is 5.02. The lowest BCUT2D eigenvalue weighted by atomic mass is 10.1. The normalized spacial score (nSPS) is 12.2. The fourth-order valence-corrected chi connectivity index (χ4v) is 2.74. The van der Waals surface area contributed by atoms with Crippen molar-refractivity contribution in [3.05, 3.63) is 66.1 Å². The molecule has 36 heavy (non-hydrogen) atoms. The van der Waals surface area contributed by atoms with Gasteiger partial charge in [0.25, 0.3) is 0 Å². The highest BCUT2D eigenvalue weighted by molar-refractivity contribution is 6.02. The number of ether oxygens (including phenoxy) is 3. The number of hydrogen-bond donors (Lipinski definition) is 2. The molecule has 0 saturated carbocycles. The van der Waals surface area contributed by atoms with E-state index in [4.69, 9.17) is 24.5 Å². The molecule has 0 aliphatic heterocycles. The topological polar surface area (TPSA) is 110 Å². The number of halogens is 1. The van der Waals surface area contributed by atoms with Crippen LogP contribution in [0.3, 0.4) is 0 Å². The summed E-state index contributed by atoms with van der Waals surface area (Å²) in [7, 11) is 1.65.